The molecule has 0 aliphatic heterocycles. The van der Waals surface area contributed by atoms with Gasteiger partial charge < -0.3 is 15.0 Å². The van der Waals surface area contributed by atoms with Crippen molar-refractivity contribution in [3.8, 4) is 5.75 Å². The van der Waals surface area contributed by atoms with Crippen LogP contribution in [0.15, 0.2) is 18.2 Å². The van der Waals surface area contributed by atoms with E-state index in [1.54, 1.807) is 7.11 Å². The SMILES string of the molecule is CCN(CC)C(=O)CNC(C)c1cc(C)ccc1OC. The molecule has 4 heteroatoms. The normalized spacial score (nSPS) is 12.1. The summed E-state index contributed by atoms with van der Waals surface area (Å²) in [6, 6.07) is 6.16. The zero-order valence-corrected chi connectivity index (χ0v) is 13.2. The van der Waals surface area contributed by atoms with Gasteiger partial charge in [-0.05, 0) is 33.8 Å². The summed E-state index contributed by atoms with van der Waals surface area (Å²) < 4.78 is 5.38. The first-order valence-corrected chi connectivity index (χ1v) is 7.19. The van der Waals surface area contributed by atoms with E-state index in [1.807, 2.05) is 37.8 Å². The maximum absolute atomic E-state index is 12.0. The van der Waals surface area contributed by atoms with Gasteiger partial charge >= 0.3 is 0 Å². The molecule has 1 N–H and O–H groups in total. The lowest BCUT2D eigenvalue weighted by Gasteiger charge is -2.22. The Bertz CT molecular complexity index is 442. The number of benzene rings is 1. The van der Waals surface area contributed by atoms with Gasteiger partial charge in [0.05, 0.1) is 13.7 Å². The second-order valence-corrected chi connectivity index (χ2v) is 4.91. The first-order chi connectivity index (χ1) is 9.53. The standard InChI is InChI=1S/C16H26N2O2/c1-6-18(7-2)16(19)11-17-13(4)14-10-12(3)8-9-15(14)20-5/h8-10,13,17H,6-7,11H2,1-5H3. The van der Waals surface area contributed by atoms with Gasteiger partial charge in [0, 0.05) is 24.7 Å². The molecule has 112 valence electrons. The largest absolute Gasteiger partial charge is 0.496 e. The lowest BCUT2D eigenvalue weighted by Crippen LogP contribution is -2.38. The number of likely N-dealkylation sites (N-methyl/N-ethyl adjacent to an activating group) is 1. The minimum atomic E-state index is 0.0735. The maximum atomic E-state index is 12.0. The Kier molecular flexibility index (Phi) is 6.52. The smallest absolute Gasteiger partial charge is 0.236 e. The summed E-state index contributed by atoms with van der Waals surface area (Å²) in [5.74, 6) is 0.986. The van der Waals surface area contributed by atoms with E-state index < -0.39 is 0 Å². The number of amides is 1. The van der Waals surface area contributed by atoms with E-state index in [2.05, 4.69) is 18.3 Å². The van der Waals surface area contributed by atoms with E-state index >= 15 is 0 Å². The van der Waals surface area contributed by atoms with E-state index in [4.69, 9.17) is 4.74 Å². The average Bonchev–Trinajstić information content (AvgIpc) is 2.46. The molecule has 0 fully saturated rings. The minimum absolute atomic E-state index is 0.0735. The minimum Gasteiger partial charge on any atom is -0.496 e. The molecule has 0 aliphatic carbocycles. The Balaban J connectivity index is 2.69. The summed E-state index contributed by atoms with van der Waals surface area (Å²) in [7, 11) is 1.67. The molecule has 1 unspecified atom stereocenters. The van der Waals surface area contributed by atoms with Crippen LogP contribution in [0.2, 0.25) is 0 Å². The van der Waals surface area contributed by atoms with E-state index in [0.29, 0.717) is 6.54 Å². The second-order valence-electron chi connectivity index (χ2n) is 4.91. The quantitative estimate of drug-likeness (QED) is 0.833. The van der Waals surface area contributed by atoms with E-state index in [0.717, 1.165) is 24.4 Å². The van der Waals surface area contributed by atoms with Gasteiger partial charge in [0.2, 0.25) is 5.91 Å². The highest BCUT2D eigenvalue weighted by molar-refractivity contribution is 5.78. The highest BCUT2D eigenvalue weighted by atomic mass is 16.5. The summed E-state index contributed by atoms with van der Waals surface area (Å²) in [5.41, 5.74) is 2.27. The van der Waals surface area contributed by atoms with Crippen molar-refractivity contribution < 1.29 is 9.53 Å². The number of carbonyl (C=O) groups is 1. The van der Waals surface area contributed by atoms with Crippen LogP contribution in [-0.2, 0) is 4.79 Å². The van der Waals surface area contributed by atoms with Gasteiger partial charge in [0.25, 0.3) is 0 Å². The maximum Gasteiger partial charge on any atom is 0.236 e. The lowest BCUT2D eigenvalue weighted by atomic mass is 10.0. The van der Waals surface area contributed by atoms with Crippen LogP contribution < -0.4 is 10.1 Å². The van der Waals surface area contributed by atoms with Gasteiger partial charge in [-0.2, -0.15) is 0 Å². The molecule has 0 radical (unpaired) electrons. The van der Waals surface area contributed by atoms with Crippen LogP contribution in [0.1, 0.15) is 37.9 Å². The molecule has 0 saturated heterocycles. The molecule has 4 nitrogen and oxygen atoms in total. The fraction of sp³-hybridized carbons (Fsp3) is 0.562. The molecule has 0 bridgehead atoms. The van der Waals surface area contributed by atoms with Gasteiger partial charge in [0.1, 0.15) is 5.75 Å². The highest BCUT2D eigenvalue weighted by Crippen LogP contribution is 2.25. The Hall–Kier alpha value is -1.55. The van der Waals surface area contributed by atoms with Gasteiger partial charge in [-0.25, -0.2) is 0 Å². The zero-order chi connectivity index (χ0) is 15.1. The molecule has 1 aromatic rings. The van der Waals surface area contributed by atoms with E-state index in [-0.39, 0.29) is 11.9 Å². The second kappa shape index (κ2) is 7.90. The molecule has 1 aromatic carbocycles. The van der Waals surface area contributed by atoms with E-state index in [9.17, 15) is 4.79 Å². The molecule has 0 saturated carbocycles. The van der Waals surface area contributed by atoms with Crippen molar-refractivity contribution >= 4 is 5.91 Å². The van der Waals surface area contributed by atoms with Crippen molar-refractivity contribution in [2.75, 3.05) is 26.7 Å². The molecular weight excluding hydrogens is 252 g/mol. The third-order valence-corrected chi connectivity index (χ3v) is 3.53. The number of carbonyl (C=O) groups excluding carboxylic acids is 1. The van der Waals surface area contributed by atoms with Gasteiger partial charge in [-0.15, -0.1) is 0 Å². The van der Waals surface area contributed by atoms with Crippen LogP contribution in [0.3, 0.4) is 0 Å². The van der Waals surface area contributed by atoms with Crippen molar-refractivity contribution in [2.45, 2.75) is 33.7 Å². The number of methoxy groups -OCH3 is 1. The number of rotatable bonds is 7. The summed E-state index contributed by atoms with van der Waals surface area (Å²) in [6.07, 6.45) is 0. The van der Waals surface area contributed by atoms with Crippen molar-refractivity contribution in [3.63, 3.8) is 0 Å². The third-order valence-electron chi connectivity index (χ3n) is 3.53. The van der Waals surface area contributed by atoms with Crippen molar-refractivity contribution in [1.82, 2.24) is 10.2 Å². The van der Waals surface area contributed by atoms with Crippen LogP contribution in [0.4, 0.5) is 0 Å². The van der Waals surface area contributed by atoms with Crippen LogP contribution in [0.5, 0.6) is 5.75 Å². The number of hydrogen-bond donors (Lipinski definition) is 1. The zero-order valence-electron chi connectivity index (χ0n) is 13.2. The third kappa shape index (κ3) is 4.23. The molecule has 0 heterocycles. The number of nitrogens with zero attached hydrogens (tertiary/aromatic N) is 1. The highest BCUT2D eigenvalue weighted by Gasteiger charge is 2.14. The predicted octanol–water partition coefficient (Wildman–Crippen LogP) is 2.52. The molecule has 0 aromatic heterocycles. The van der Waals surface area contributed by atoms with Crippen LogP contribution in [-0.4, -0.2) is 37.6 Å². The number of hydrogen-bond acceptors (Lipinski definition) is 3. The Labute approximate surface area is 122 Å². The fourth-order valence-corrected chi connectivity index (χ4v) is 2.23. The molecule has 0 spiro atoms. The van der Waals surface area contributed by atoms with Crippen LogP contribution in [0.25, 0.3) is 0 Å². The average molecular weight is 278 g/mol. The summed E-state index contributed by atoms with van der Waals surface area (Å²) >= 11 is 0. The number of aryl methyl sites for hydroxylation is 1. The monoisotopic (exact) mass is 278 g/mol. The summed E-state index contributed by atoms with van der Waals surface area (Å²) in [5, 5.41) is 3.28. The fourth-order valence-electron chi connectivity index (χ4n) is 2.23. The first-order valence-electron chi connectivity index (χ1n) is 7.19. The molecular formula is C16H26N2O2. The van der Waals surface area contributed by atoms with Crippen molar-refractivity contribution in [3.05, 3.63) is 29.3 Å². The topological polar surface area (TPSA) is 41.6 Å². The molecule has 0 aliphatic rings. The van der Waals surface area contributed by atoms with Gasteiger partial charge in [-0.3, -0.25) is 4.79 Å². The van der Waals surface area contributed by atoms with E-state index in [1.165, 1.54) is 5.56 Å². The summed E-state index contributed by atoms with van der Waals surface area (Å²) in [6.45, 7) is 9.94. The Morgan fingerprint density at radius 2 is 2.00 bits per heavy atom. The van der Waals surface area contributed by atoms with Crippen molar-refractivity contribution in [2.24, 2.45) is 0 Å². The molecule has 1 atom stereocenters. The van der Waals surface area contributed by atoms with Crippen molar-refractivity contribution in [1.29, 1.82) is 0 Å². The number of nitrogens with one attached hydrogen (secondary N) is 1. The Morgan fingerprint density at radius 1 is 1.35 bits per heavy atom. The van der Waals surface area contributed by atoms with Crippen LogP contribution >= 0.6 is 0 Å². The first kappa shape index (κ1) is 16.5. The van der Waals surface area contributed by atoms with Crippen LogP contribution in [0, 0.1) is 6.92 Å². The summed E-state index contributed by atoms with van der Waals surface area (Å²) in [4.78, 5) is 13.8. The molecule has 1 rings (SSSR count). The van der Waals surface area contributed by atoms with Gasteiger partial charge in [0.15, 0.2) is 0 Å². The number of ether oxygens (including phenoxy) is 1. The Morgan fingerprint density at radius 3 is 2.55 bits per heavy atom. The van der Waals surface area contributed by atoms with Gasteiger partial charge in [-0.1, -0.05) is 17.7 Å². The molecule has 20 heavy (non-hydrogen) atoms. The molecule has 1 amide bonds. The lowest BCUT2D eigenvalue weighted by molar-refractivity contribution is -0.129. The predicted molar refractivity (Wildman–Crippen MR) is 82.1 cm³/mol.